The van der Waals surface area contributed by atoms with Gasteiger partial charge in [-0.05, 0) is 38.5 Å². The molecular weight excluding hydrogens is 629 g/mol. The fourth-order valence-corrected chi connectivity index (χ4v) is 4.93. The average molecular weight is 712 g/mol. The van der Waals surface area contributed by atoms with Crippen LogP contribution in [-0.4, -0.2) is 61.9 Å². The van der Waals surface area contributed by atoms with Gasteiger partial charge in [0.2, 0.25) is 5.91 Å². The number of carbonyl (C=O) groups is 2. The summed E-state index contributed by atoms with van der Waals surface area (Å²) >= 11 is 0. The summed E-state index contributed by atoms with van der Waals surface area (Å²) < 4.78 is 26.0. The lowest BCUT2D eigenvalue weighted by molar-refractivity contribution is -0.143. The van der Waals surface area contributed by atoms with E-state index in [1.165, 1.54) is 97.0 Å². The van der Waals surface area contributed by atoms with Gasteiger partial charge in [-0.15, -0.1) is 0 Å². The van der Waals surface area contributed by atoms with Gasteiger partial charge < -0.3 is 29.3 Å². The Morgan fingerprint density at radius 1 is 0.562 bits per heavy atom. The number of unbranched alkanes of at least 4 members (excludes halogenated alkanes) is 16. The third-order valence-corrected chi connectivity index (χ3v) is 8.77. The minimum absolute atomic E-state index is 0.0522. The van der Waals surface area contributed by atoms with Gasteiger partial charge in [0, 0.05) is 33.1 Å². The molecule has 0 aliphatic carbocycles. The van der Waals surface area contributed by atoms with Gasteiger partial charge in [-0.2, -0.15) is 0 Å². The van der Waals surface area contributed by atoms with E-state index in [0.29, 0.717) is 32.7 Å². The van der Waals surface area contributed by atoms with Crippen molar-refractivity contribution in [3.8, 4) is 0 Å². The largest absolute Gasteiger partial charge is 0.466 e. The van der Waals surface area contributed by atoms with Crippen molar-refractivity contribution in [2.24, 2.45) is 0 Å². The van der Waals surface area contributed by atoms with E-state index in [9.17, 15) is 14.2 Å². The topological polar surface area (TPSA) is 131 Å². The molecule has 48 heavy (non-hydrogen) atoms. The Hall–Kier alpha value is -0.990. The van der Waals surface area contributed by atoms with Gasteiger partial charge in [0.15, 0.2) is 0 Å². The monoisotopic (exact) mass is 712 g/mol. The van der Waals surface area contributed by atoms with Gasteiger partial charge in [-0.25, -0.2) is 0 Å². The summed E-state index contributed by atoms with van der Waals surface area (Å²) in [7, 11) is -1.90. The highest BCUT2D eigenvalue weighted by Crippen LogP contribution is 2.45. The number of aliphatic hydroxyl groups excluding tert-OH is 2. The number of aliphatic hydroxyl groups is 2. The van der Waals surface area contributed by atoms with E-state index in [-0.39, 0.29) is 11.9 Å². The van der Waals surface area contributed by atoms with Crippen LogP contribution in [0.2, 0.25) is 0 Å². The molecule has 0 aromatic rings. The summed E-state index contributed by atoms with van der Waals surface area (Å²) in [5.41, 5.74) is 0. The number of hydrogen-bond donors (Lipinski definition) is 3. The molecule has 0 spiro atoms. The molecule has 0 aliphatic heterocycles. The van der Waals surface area contributed by atoms with Crippen LogP contribution in [0.15, 0.2) is 0 Å². The highest BCUT2D eigenvalue weighted by atomic mass is 31.2. The summed E-state index contributed by atoms with van der Waals surface area (Å²) in [6.07, 6.45) is 26.6. The highest BCUT2D eigenvalue weighted by molar-refractivity contribution is 7.53. The molecule has 0 aliphatic rings. The van der Waals surface area contributed by atoms with Crippen molar-refractivity contribution in [2.45, 2.75) is 196 Å². The highest BCUT2D eigenvalue weighted by Gasteiger charge is 2.20. The first-order chi connectivity index (χ1) is 23.2. The average Bonchev–Trinajstić information content (AvgIpc) is 3.09. The molecule has 0 bridgehead atoms. The number of nitrogens with one attached hydrogen (secondary N) is 1. The number of rotatable bonds is 30. The predicted molar refractivity (Wildman–Crippen MR) is 204 cm³/mol. The van der Waals surface area contributed by atoms with Crippen LogP contribution in [0.1, 0.15) is 196 Å². The summed E-state index contributed by atoms with van der Waals surface area (Å²) in [5.74, 6) is 0.146. The second-order valence-electron chi connectivity index (χ2n) is 12.2. The van der Waals surface area contributed by atoms with Crippen LogP contribution < -0.4 is 5.32 Å². The van der Waals surface area contributed by atoms with Crippen LogP contribution in [0.3, 0.4) is 0 Å². The van der Waals surface area contributed by atoms with E-state index >= 15 is 0 Å². The maximum atomic E-state index is 11.4. The smallest absolute Gasteiger partial charge is 0.355 e. The van der Waals surface area contributed by atoms with Gasteiger partial charge in [-0.3, -0.25) is 14.2 Å². The molecule has 0 aromatic heterocycles. The predicted octanol–water partition coefficient (Wildman–Crippen LogP) is 10.9. The third kappa shape index (κ3) is 51.8. The summed E-state index contributed by atoms with van der Waals surface area (Å²) in [4.78, 5) is 21.7. The molecule has 9 nitrogen and oxygen atoms in total. The van der Waals surface area contributed by atoms with E-state index < -0.39 is 13.9 Å². The molecule has 1 amide bonds. The molecule has 0 heterocycles. The Morgan fingerprint density at radius 3 is 1.46 bits per heavy atom. The van der Waals surface area contributed by atoms with Crippen LogP contribution in [0, 0.1) is 0 Å². The van der Waals surface area contributed by atoms with Crippen molar-refractivity contribution in [2.75, 3.05) is 39.8 Å². The second-order valence-corrected chi connectivity index (χ2v) is 14.3. The van der Waals surface area contributed by atoms with Crippen LogP contribution >= 0.6 is 7.60 Å². The molecule has 0 aromatic carbocycles. The summed E-state index contributed by atoms with van der Waals surface area (Å²) in [5, 5.41) is 20.1. The van der Waals surface area contributed by atoms with Crippen molar-refractivity contribution in [3.05, 3.63) is 0 Å². The van der Waals surface area contributed by atoms with Gasteiger partial charge in [0.25, 0.3) is 0 Å². The van der Waals surface area contributed by atoms with Crippen LogP contribution in [0.25, 0.3) is 0 Å². The number of ether oxygens (including phenoxy) is 1. The van der Waals surface area contributed by atoms with Gasteiger partial charge in [0.1, 0.15) is 6.35 Å². The minimum atomic E-state index is -3.19. The Balaban J connectivity index is -0.000000274. The van der Waals surface area contributed by atoms with Crippen LogP contribution in [0.4, 0.5) is 0 Å². The Bertz CT molecular complexity index is 625. The fraction of sp³-hybridized carbons (Fsp3) is 0.947. The number of esters is 1. The third-order valence-electron chi connectivity index (χ3n) is 7.29. The normalized spacial score (nSPS) is 11.5. The zero-order valence-electron chi connectivity index (χ0n) is 32.8. The van der Waals surface area contributed by atoms with E-state index in [2.05, 4.69) is 37.5 Å². The van der Waals surface area contributed by atoms with Gasteiger partial charge in [-0.1, -0.05) is 144 Å². The molecule has 0 fully saturated rings. The molecule has 0 rings (SSSR count). The molecule has 0 saturated heterocycles. The first-order valence-corrected chi connectivity index (χ1v) is 21.4. The lowest BCUT2D eigenvalue weighted by Crippen LogP contribution is -2.23. The van der Waals surface area contributed by atoms with Crippen molar-refractivity contribution in [1.82, 2.24) is 5.32 Å². The van der Waals surface area contributed by atoms with Crippen molar-refractivity contribution in [1.29, 1.82) is 0 Å². The second kappa shape index (κ2) is 48.1. The van der Waals surface area contributed by atoms with Gasteiger partial charge in [0.05, 0.1) is 13.2 Å². The quantitative estimate of drug-likeness (QED) is 0.0381. The summed E-state index contributed by atoms with van der Waals surface area (Å²) in [6, 6.07) is 0. The molecule has 1 unspecified atom stereocenters. The maximum Gasteiger partial charge on any atom is 0.355 e. The van der Waals surface area contributed by atoms with E-state index in [0.717, 1.165) is 57.9 Å². The zero-order valence-corrected chi connectivity index (χ0v) is 33.7. The SMILES string of the molecule is CCCCCCCCCO.CCCCCCCCCOP(=O)(CO)OC.CCCCCNC(=O)CCC.CCCCCOC(=O)CCC. The van der Waals surface area contributed by atoms with Crippen LogP contribution in [-0.2, 0) is 27.9 Å². The fourth-order valence-electron chi connectivity index (χ4n) is 4.22. The van der Waals surface area contributed by atoms with E-state index in [1.807, 2.05) is 13.8 Å². The zero-order chi connectivity index (χ0) is 37.0. The summed E-state index contributed by atoms with van der Waals surface area (Å²) in [6.45, 7) is 15.0. The minimum Gasteiger partial charge on any atom is -0.466 e. The maximum absolute atomic E-state index is 11.4. The molecule has 0 saturated carbocycles. The Labute approximate surface area is 298 Å². The first kappa shape index (κ1) is 53.8. The molecule has 1 atom stereocenters. The molecular formula is C38H82NO8P. The standard InChI is InChI=1S/C11H25O4P.C9H19NO.C9H18O2.C9H20O/c1-3-4-5-6-7-8-9-10-15-16(13,11-12)14-2;1-3-5-6-8-10-9(11)7-4-2;1-3-5-6-8-11-9(10)7-4-2;1-2-3-4-5-6-7-8-9-10/h12H,3-11H2,1-2H3;3-8H2,1-2H3,(H,10,11);3-8H2,1-2H3;10H,2-9H2,1H3. The van der Waals surface area contributed by atoms with E-state index in [1.54, 1.807) is 0 Å². The van der Waals surface area contributed by atoms with Crippen molar-refractivity contribution in [3.63, 3.8) is 0 Å². The first-order valence-electron chi connectivity index (χ1n) is 19.6. The lowest BCUT2D eigenvalue weighted by atomic mass is 10.1. The number of hydrogen-bond acceptors (Lipinski definition) is 8. The Kier molecular flexibility index (Phi) is 53.9. The Morgan fingerprint density at radius 2 is 1.00 bits per heavy atom. The molecule has 292 valence electrons. The van der Waals surface area contributed by atoms with Crippen molar-refractivity contribution >= 4 is 19.5 Å². The lowest BCUT2D eigenvalue weighted by Gasteiger charge is -2.13. The number of carbonyl (C=O) groups excluding carboxylic acids is 2. The van der Waals surface area contributed by atoms with Crippen molar-refractivity contribution < 1.29 is 38.2 Å². The van der Waals surface area contributed by atoms with E-state index in [4.69, 9.17) is 19.5 Å². The van der Waals surface area contributed by atoms with Crippen LogP contribution in [0.5, 0.6) is 0 Å². The van der Waals surface area contributed by atoms with Gasteiger partial charge >= 0.3 is 13.6 Å². The molecule has 3 N–H and O–H groups in total. The molecule has 0 radical (unpaired) electrons. The molecule has 10 heteroatoms. The number of amides is 1.